The third-order valence-corrected chi connectivity index (χ3v) is 1.12. The summed E-state index contributed by atoms with van der Waals surface area (Å²) in [4.78, 5) is 13.9. The molecule has 0 aliphatic carbocycles. The van der Waals surface area contributed by atoms with Gasteiger partial charge in [0, 0.05) is 18.5 Å². The third kappa shape index (κ3) is 12.5. The number of hydrogen-bond acceptors (Lipinski definition) is 6. The van der Waals surface area contributed by atoms with Gasteiger partial charge in [0.05, 0.1) is 14.9 Å². The molecule has 0 aromatic carbocycles. The second-order valence-corrected chi connectivity index (χ2v) is 3.14. The summed E-state index contributed by atoms with van der Waals surface area (Å²) in [5, 5.41) is 8.27. The summed E-state index contributed by atoms with van der Waals surface area (Å²) in [6, 6.07) is 3.47. The summed E-state index contributed by atoms with van der Waals surface area (Å²) in [5.41, 5.74) is 0.836. The zero-order chi connectivity index (χ0) is 12.6. The summed E-state index contributed by atoms with van der Waals surface area (Å²) < 4.78 is 32.7. The van der Waals surface area contributed by atoms with Crippen LogP contribution in [0.3, 0.4) is 0 Å². The first-order valence-corrected chi connectivity index (χ1v) is 4.99. The molecule has 0 aliphatic heterocycles. The Hall–Kier alpha value is -1.51. The van der Waals surface area contributed by atoms with Gasteiger partial charge < -0.3 is 5.11 Å². The van der Waals surface area contributed by atoms with Crippen molar-refractivity contribution >= 4 is 12.0 Å². The lowest BCUT2D eigenvalue weighted by Crippen LogP contribution is -2.58. The lowest BCUT2D eigenvalue weighted by molar-refractivity contribution is -1.92. The zero-order valence-electron chi connectivity index (χ0n) is 7.82. The van der Waals surface area contributed by atoms with Crippen LogP contribution in [0, 0.1) is 10.2 Å². The van der Waals surface area contributed by atoms with Crippen molar-refractivity contribution in [2.75, 3.05) is 0 Å². The summed E-state index contributed by atoms with van der Waals surface area (Å²) in [7, 11) is -4.69. The molecular weight excluding hydrogens is 242 g/mol. The molecule has 0 unspecified atom stereocenters. The molecule has 0 amide bonds. The molecule has 1 rings (SSSR count). The van der Waals surface area contributed by atoms with Crippen LogP contribution in [0.25, 0.3) is 6.08 Å². The maximum atomic E-state index is 10.1. The van der Waals surface area contributed by atoms with Gasteiger partial charge in [-0.15, -0.1) is 0 Å². The first kappa shape index (κ1) is 14.5. The molecule has 0 fully saturated rings. The highest BCUT2D eigenvalue weighted by Gasteiger charge is 1.98. The number of nitrogens with zero attached hydrogens (tertiary/aromatic N) is 1. The molecule has 1 aromatic rings. The van der Waals surface area contributed by atoms with E-state index in [0.717, 1.165) is 11.6 Å². The maximum absolute atomic E-state index is 10.1. The average Bonchev–Trinajstić information content (AvgIpc) is 2.14. The highest BCUT2D eigenvalue weighted by molar-refractivity contribution is 5.85. The molecule has 0 bridgehead atoms. The molecule has 0 aliphatic rings. The molecule has 16 heavy (non-hydrogen) atoms. The quantitative estimate of drug-likeness (QED) is 0.534. The number of pyridine rings is 1. The fourth-order valence-electron chi connectivity index (χ4n) is 0.642. The van der Waals surface area contributed by atoms with E-state index in [1.807, 2.05) is 0 Å². The third-order valence-electron chi connectivity index (χ3n) is 1.12. The van der Waals surface area contributed by atoms with Gasteiger partial charge >= 0.3 is 5.97 Å². The van der Waals surface area contributed by atoms with Crippen LogP contribution in [0.1, 0.15) is 5.56 Å². The van der Waals surface area contributed by atoms with E-state index in [-0.39, 0.29) is 0 Å². The first-order chi connectivity index (χ1) is 7.29. The number of hydrogen-bond donors (Lipinski definition) is 2. The topological polar surface area (TPSA) is 140 Å². The van der Waals surface area contributed by atoms with E-state index in [0.29, 0.717) is 0 Å². The van der Waals surface area contributed by atoms with Crippen molar-refractivity contribution in [2.24, 2.45) is 0 Å². The normalized spacial score (nSPS) is 10.8. The minimum absolute atomic E-state index is 0.836. The summed E-state index contributed by atoms with van der Waals surface area (Å²) in [6.07, 6.45) is 5.84. The van der Waals surface area contributed by atoms with E-state index in [9.17, 15) is 4.79 Å². The van der Waals surface area contributed by atoms with Crippen LogP contribution in [-0.4, -0.2) is 20.7 Å². The predicted octanol–water partition coefficient (Wildman–Crippen LogP) is -2.94. The number of aliphatic carboxylic acids is 1. The van der Waals surface area contributed by atoms with Gasteiger partial charge in [-0.25, -0.2) is 4.79 Å². The van der Waals surface area contributed by atoms with E-state index >= 15 is 0 Å². The van der Waals surface area contributed by atoms with Crippen LogP contribution in [0.4, 0.5) is 0 Å². The summed E-state index contributed by atoms with van der Waals surface area (Å²) >= 11 is 0. The summed E-state index contributed by atoms with van der Waals surface area (Å²) in [6.45, 7) is 0. The van der Waals surface area contributed by atoms with E-state index in [1.165, 1.54) is 6.08 Å². The maximum Gasteiger partial charge on any atom is 0.328 e. The molecule has 0 atom stereocenters. The van der Waals surface area contributed by atoms with Crippen molar-refractivity contribution in [3.63, 3.8) is 0 Å². The van der Waals surface area contributed by atoms with E-state index in [4.69, 9.17) is 23.7 Å². The average molecular weight is 250 g/mol. The second kappa shape index (κ2) is 6.88. The fraction of sp³-hybridized carbons (Fsp3) is 0. The lowest BCUT2D eigenvalue weighted by Gasteiger charge is -2.03. The molecule has 1 heterocycles. The number of aromatic nitrogens is 1. The van der Waals surface area contributed by atoms with Crippen LogP contribution < -0.4 is 14.0 Å². The Morgan fingerprint density at radius 3 is 2.12 bits per heavy atom. The molecule has 8 heteroatoms. The van der Waals surface area contributed by atoms with Gasteiger partial charge in [-0.2, -0.15) is 14.0 Å². The predicted molar refractivity (Wildman–Crippen MR) is 43.1 cm³/mol. The van der Waals surface area contributed by atoms with Gasteiger partial charge in [0.25, 0.3) is 0 Å². The highest BCUT2D eigenvalue weighted by atomic mass is 35.7. The minimum Gasteiger partial charge on any atom is -0.478 e. The number of halogens is 1. The van der Waals surface area contributed by atoms with Crippen molar-refractivity contribution in [1.82, 2.24) is 4.98 Å². The Labute approximate surface area is 92.7 Å². The number of rotatable bonds is 2. The van der Waals surface area contributed by atoms with Crippen LogP contribution in [0.5, 0.6) is 0 Å². The number of carboxylic acids is 1. The zero-order valence-corrected chi connectivity index (χ0v) is 8.57. The van der Waals surface area contributed by atoms with Crippen molar-refractivity contribution in [2.45, 2.75) is 0 Å². The minimum atomic E-state index is -4.69. The monoisotopic (exact) mass is 249 g/mol. The fourth-order valence-corrected chi connectivity index (χ4v) is 0.642. The van der Waals surface area contributed by atoms with Crippen LogP contribution in [0.2, 0.25) is 0 Å². The molecule has 0 saturated heterocycles. The Morgan fingerprint density at radius 2 is 1.75 bits per heavy atom. The highest BCUT2D eigenvalue weighted by Crippen LogP contribution is 1.97. The van der Waals surface area contributed by atoms with Gasteiger partial charge in [-0.1, -0.05) is 0 Å². The molecule has 0 spiro atoms. The SMILES string of the molecule is O=C(O)/C=C/c1ccncc1.[O-][Cl+3]([O-])([O-])O. The Bertz CT molecular complexity index is 341. The van der Waals surface area contributed by atoms with Crippen molar-refractivity contribution in [3.8, 4) is 0 Å². The Kier molecular flexibility index (Phi) is 6.23. The number of carbonyl (C=O) groups is 1. The van der Waals surface area contributed by atoms with E-state index < -0.39 is 16.2 Å². The van der Waals surface area contributed by atoms with Gasteiger partial charge in [-0.05, 0) is 23.8 Å². The number of carboxylic acid groups (broad SMARTS) is 1. The van der Waals surface area contributed by atoms with Crippen molar-refractivity contribution in [1.29, 1.82) is 0 Å². The molecule has 88 valence electrons. The first-order valence-electron chi connectivity index (χ1n) is 3.73. The molecule has 1 aromatic heterocycles. The van der Waals surface area contributed by atoms with Gasteiger partial charge in [0.1, 0.15) is 0 Å². The molecule has 2 N–H and O–H groups in total. The van der Waals surface area contributed by atoms with Crippen molar-refractivity contribution in [3.05, 3.63) is 36.2 Å². The standard InChI is InChI=1S/C8H7NO2.ClHO4/c10-8(11)2-1-7-3-5-9-6-4-7;2-1(3,4)5/h1-6H,(H,10,11);(H,2,3,4,5)/b2-1+;. The van der Waals surface area contributed by atoms with Crippen molar-refractivity contribution < 1.29 is 38.8 Å². The van der Waals surface area contributed by atoms with Gasteiger partial charge in [-0.3, -0.25) is 4.98 Å². The second-order valence-electron chi connectivity index (χ2n) is 2.35. The summed E-state index contributed by atoms with van der Waals surface area (Å²) in [5.74, 6) is -0.943. The van der Waals surface area contributed by atoms with E-state index in [2.05, 4.69) is 4.98 Å². The van der Waals surface area contributed by atoms with Gasteiger partial charge in [0.2, 0.25) is 0 Å². The lowest BCUT2D eigenvalue weighted by atomic mass is 10.2. The van der Waals surface area contributed by atoms with Crippen LogP contribution in [-0.2, 0) is 4.79 Å². The van der Waals surface area contributed by atoms with Crippen LogP contribution >= 0.6 is 0 Å². The molecular formula is C8H8ClNO6. The Balaban J connectivity index is 0.000000385. The van der Waals surface area contributed by atoms with Gasteiger partial charge in [0.15, 0.2) is 0 Å². The molecule has 0 radical (unpaired) electrons. The largest absolute Gasteiger partial charge is 0.478 e. The molecule has 7 nitrogen and oxygen atoms in total. The van der Waals surface area contributed by atoms with E-state index in [1.54, 1.807) is 24.5 Å². The Morgan fingerprint density at radius 1 is 1.31 bits per heavy atom. The molecule has 0 saturated carbocycles. The van der Waals surface area contributed by atoms with Crippen LogP contribution in [0.15, 0.2) is 30.6 Å². The smallest absolute Gasteiger partial charge is 0.328 e.